The van der Waals surface area contributed by atoms with Gasteiger partial charge in [0, 0.05) is 31.6 Å². The summed E-state index contributed by atoms with van der Waals surface area (Å²) in [6.07, 6.45) is 4.72. The second kappa shape index (κ2) is 11.2. The number of nitrogens with zero attached hydrogens (tertiary/aromatic N) is 5. The van der Waals surface area contributed by atoms with Crippen molar-refractivity contribution in [1.29, 1.82) is 0 Å². The number of hydrogen-bond acceptors (Lipinski definition) is 4. The Morgan fingerprint density at radius 3 is 2.68 bits per heavy atom. The van der Waals surface area contributed by atoms with Crippen molar-refractivity contribution in [3.05, 3.63) is 84.6 Å². The maximum Gasteiger partial charge on any atom is 0.224 e. The number of likely N-dealkylation sites (tertiary alicyclic amines) is 1. The zero-order valence-corrected chi connectivity index (χ0v) is 20.0. The van der Waals surface area contributed by atoms with Gasteiger partial charge in [0.25, 0.3) is 0 Å². The number of rotatable bonds is 8. The molecule has 2 aromatic carbocycles. The molecule has 178 valence electrons. The van der Waals surface area contributed by atoms with Gasteiger partial charge in [-0.2, -0.15) is 4.68 Å². The van der Waals surface area contributed by atoms with E-state index in [1.165, 1.54) is 17.7 Å². The van der Waals surface area contributed by atoms with E-state index in [2.05, 4.69) is 59.0 Å². The van der Waals surface area contributed by atoms with Gasteiger partial charge in [0.05, 0.1) is 0 Å². The van der Waals surface area contributed by atoms with Crippen molar-refractivity contribution in [3.63, 3.8) is 0 Å². The first-order valence-electron chi connectivity index (χ1n) is 12.0. The van der Waals surface area contributed by atoms with E-state index in [0.29, 0.717) is 17.7 Å². The van der Waals surface area contributed by atoms with Gasteiger partial charge in [0.15, 0.2) is 5.82 Å². The summed E-state index contributed by atoms with van der Waals surface area (Å²) in [5.41, 5.74) is 2.15. The molecule has 0 aliphatic carbocycles. The van der Waals surface area contributed by atoms with Crippen LogP contribution in [-0.2, 0) is 6.42 Å². The van der Waals surface area contributed by atoms with Gasteiger partial charge in [-0.15, -0.1) is 5.10 Å². The largest absolute Gasteiger partial charge is 0.332 e. The number of aliphatic imine (C=N–C) groups is 1. The quantitative estimate of drug-likeness (QED) is 0.391. The van der Waals surface area contributed by atoms with E-state index in [1.807, 2.05) is 0 Å². The molecular weight excluding hydrogens is 427 g/mol. The van der Waals surface area contributed by atoms with Crippen LogP contribution < -0.4 is 5.32 Å². The summed E-state index contributed by atoms with van der Waals surface area (Å²) in [6, 6.07) is 17.0. The average Bonchev–Trinajstić information content (AvgIpc) is 3.51. The molecule has 0 bridgehead atoms. The van der Waals surface area contributed by atoms with E-state index in [4.69, 9.17) is 10.1 Å². The molecule has 0 saturated carbocycles. The Balaban J connectivity index is 1.57. The minimum Gasteiger partial charge on any atom is -0.332 e. The molecule has 1 fully saturated rings. The van der Waals surface area contributed by atoms with Gasteiger partial charge >= 0.3 is 0 Å². The summed E-state index contributed by atoms with van der Waals surface area (Å²) in [7, 11) is 1.72. The lowest BCUT2D eigenvalue weighted by atomic mass is 9.88. The van der Waals surface area contributed by atoms with Crippen LogP contribution in [-0.4, -0.2) is 52.3 Å². The number of hydrogen-bond donors (Lipinski definition) is 1. The normalized spacial score (nSPS) is 17.6. The fourth-order valence-electron chi connectivity index (χ4n) is 4.81. The molecule has 1 aliphatic heterocycles. The molecule has 6 nitrogen and oxygen atoms in total. The first-order chi connectivity index (χ1) is 16.6. The van der Waals surface area contributed by atoms with Gasteiger partial charge in [0.2, 0.25) is 5.96 Å². The number of benzene rings is 2. The van der Waals surface area contributed by atoms with E-state index in [-0.39, 0.29) is 11.7 Å². The van der Waals surface area contributed by atoms with Gasteiger partial charge in [-0.25, -0.2) is 9.37 Å². The van der Waals surface area contributed by atoms with Crippen molar-refractivity contribution < 1.29 is 4.39 Å². The highest BCUT2D eigenvalue weighted by Gasteiger charge is 2.33. The summed E-state index contributed by atoms with van der Waals surface area (Å²) >= 11 is 0. The lowest BCUT2D eigenvalue weighted by molar-refractivity contribution is 0.310. The van der Waals surface area contributed by atoms with Gasteiger partial charge in [0.1, 0.15) is 11.6 Å². The van der Waals surface area contributed by atoms with Crippen molar-refractivity contribution in [3.8, 4) is 11.4 Å². The number of halogens is 1. The maximum atomic E-state index is 13.5. The molecule has 34 heavy (non-hydrogen) atoms. The van der Waals surface area contributed by atoms with Crippen LogP contribution in [0.5, 0.6) is 0 Å². The predicted molar refractivity (Wildman–Crippen MR) is 135 cm³/mol. The summed E-state index contributed by atoms with van der Waals surface area (Å²) < 4.78 is 15.3. The van der Waals surface area contributed by atoms with Crippen LogP contribution in [0.1, 0.15) is 37.1 Å². The molecule has 0 spiro atoms. The minimum absolute atomic E-state index is 0.229. The van der Waals surface area contributed by atoms with E-state index in [9.17, 15) is 4.39 Å². The molecule has 2 atom stereocenters. The average molecular weight is 461 g/mol. The van der Waals surface area contributed by atoms with Gasteiger partial charge in [-0.3, -0.25) is 4.99 Å². The van der Waals surface area contributed by atoms with Crippen molar-refractivity contribution in [2.45, 2.75) is 32.1 Å². The Hall–Kier alpha value is -3.32. The topological polar surface area (TPSA) is 58.3 Å². The third kappa shape index (κ3) is 5.42. The van der Waals surface area contributed by atoms with Crippen LogP contribution in [0.3, 0.4) is 0 Å². The van der Waals surface area contributed by atoms with E-state index in [1.54, 1.807) is 30.1 Å². The molecule has 1 saturated heterocycles. The van der Waals surface area contributed by atoms with Crippen LogP contribution in [0.4, 0.5) is 4.39 Å². The molecule has 0 amide bonds. The molecule has 1 N–H and O–H groups in total. The third-order valence-corrected chi connectivity index (χ3v) is 6.59. The third-order valence-electron chi connectivity index (χ3n) is 6.59. The lowest BCUT2D eigenvalue weighted by Crippen LogP contribution is -2.31. The van der Waals surface area contributed by atoms with Crippen LogP contribution in [0.15, 0.2) is 72.4 Å². The van der Waals surface area contributed by atoms with Gasteiger partial charge in [-0.05, 0) is 67.8 Å². The molecule has 1 aromatic heterocycles. The molecule has 7 heteroatoms. The Bertz CT molecular complexity index is 1110. The predicted octanol–water partition coefficient (Wildman–Crippen LogP) is 4.71. The van der Waals surface area contributed by atoms with Crippen LogP contribution in [0.25, 0.3) is 11.4 Å². The summed E-state index contributed by atoms with van der Waals surface area (Å²) in [4.78, 5) is 11.9. The molecule has 2 heterocycles. The van der Waals surface area contributed by atoms with Crippen LogP contribution >= 0.6 is 0 Å². The molecule has 3 aromatic rings. The monoisotopic (exact) mass is 460 g/mol. The van der Waals surface area contributed by atoms with E-state index < -0.39 is 0 Å². The first-order valence-corrected chi connectivity index (χ1v) is 12.0. The van der Waals surface area contributed by atoms with Crippen molar-refractivity contribution in [1.82, 2.24) is 25.0 Å². The molecule has 0 radical (unpaired) electrons. The van der Waals surface area contributed by atoms with E-state index >= 15 is 0 Å². The smallest absolute Gasteiger partial charge is 0.224 e. The molecule has 1 aliphatic rings. The highest BCUT2D eigenvalue weighted by atomic mass is 19.1. The first kappa shape index (κ1) is 23.8. The van der Waals surface area contributed by atoms with E-state index in [0.717, 1.165) is 50.3 Å². The zero-order chi connectivity index (χ0) is 23.9. The fraction of sp³-hybridized carbons (Fsp3) is 0.370. The zero-order valence-electron chi connectivity index (χ0n) is 20.0. The van der Waals surface area contributed by atoms with Crippen LogP contribution in [0, 0.1) is 11.7 Å². The van der Waals surface area contributed by atoms with Gasteiger partial charge in [-0.1, -0.05) is 43.8 Å². The Labute approximate surface area is 201 Å². The summed E-state index contributed by atoms with van der Waals surface area (Å²) in [5.74, 6) is 2.45. The second-order valence-electron chi connectivity index (χ2n) is 8.71. The SMILES string of the molecule is C=CNC(=NC)n1nc(-c2ccc(F)cc2)nc1C(CC)C1CCN(CCc2ccccc2)C1. The van der Waals surface area contributed by atoms with Crippen molar-refractivity contribution >= 4 is 5.96 Å². The molecule has 2 unspecified atom stereocenters. The van der Waals surface area contributed by atoms with Crippen molar-refractivity contribution in [2.24, 2.45) is 10.9 Å². The Morgan fingerprint density at radius 2 is 2.00 bits per heavy atom. The van der Waals surface area contributed by atoms with Crippen LogP contribution in [0.2, 0.25) is 0 Å². The highest BCUT2D eigenvalue weighted by molar-refractivity contribution is 5.83. The van der Waals surface area contributed by atoms with Gasteiger partial charge < -0.3 is 10.2 Å². The number of aromatic nitrogens is 3. The highest BCUT2D eigenvalue weighted by Crippen LogP contribution is 2.34. The fourth-order valence-corrected chi connectivity index (χ4v) is 4.81. The molecule has 4 rings (SSSR count). The Kier molecular flexibility index (Phi) is 7.85. The van der Waals surface area contributed by atoms with Crippen molar-refractivity contribution in [2.75, 3.05) is 26.7 Å². The second-order valence-corrected chi connectivity index (χ2v) is 8.71. The molecular formula is C27H33FN6. The standard InChI is InChI=1S/C27H33FN6/c1-4-24(22-16-18-33(19-22)17-15-20-9-7-6-8-10-20)26-31-25(21-11-13-23(28)14-12-21)32-34(26)27(29-3)30-5-2/h5-14,22,24H,2,4,15-19H2,1,3H3,(H,29,30). The number of nitrogens with one attached hydrogen (secondary N) is 1. The summed E-state index contributed by atoms with van der Waals surface area (Å²) in [6.45, 7) is 9.17. The minimum atomic E-state index is -0.277. The Morgan fingerprint density at radius 1 is 1.24 bits per heavy atom. The lowest BCUT2D eigenvalue weighted by Gasteiger charge is -2.23. The summed E-state index contributed by atoms with van der Waals surface area (Å²) in [5, 5.41) is 7.85. The maximum absolute atomic E-state index is 13.5.